The third-order valence-corrected chi connectivity index (χ3v) is 3.99. The summed E-state index contributed by atoms with van der Waals surface area (Å²) in [6, 6.07) is 3.33. The third kappa shape index (κ3) is 3.44. The molecule has 2 rings (SSSR count). The largest absolute Gasteiger partial charge is 0.375 e. The predicted octanol–water partition coefficient (Wildman–Crippen LogP) is 1.52. The van der Waals surface area contributed by atoms with Gasteiger partial charge in [0, 0.05) is 25.2 Å². The van der Waals surface area contributed by atoms with Gasteiger partial charge in [0.1, 0.15) is 0 Å². The molecule has 1 N–H and O–H groups in total. The van der Waals surface area contributed by atoms with Crippen molar-refractivity contribution in [3.63, 3.8) is 0 Å². The van der Waals surface area contributed by atoms with E-state index in [0.717, 1.165) is 26.1 Å². The molecule has 0 aromatic rings. The van der Waals surface area contributed by atoms with Crippen LogP contribution in [0.25, 0.3) is 0 Å². The molecule has 3 unspecified atom stereocenters. The maximum absolute atomic E-state index is 9.14. The van der Waals surface area contributed by atoms with Gasteiger partial charge in [-0.2, -0.15) is 5.26 Å². The van der Waals surface area contributed by atoms with E-state index in [0.29, 0.717) is 18.2 Å². The van der Waals surface area contributed by atoms with Crippen LogP contribution in [-0.2, 0) is 4.74 Å². The Balaban J connectivity index is 1.80. The van der Waals surface area contributed by atoms with E-state index in [-0.39, 0.29) is 6.04 Å². The summed E-state index contributed by atoms with van der Waals surface area (Å²) in [5.74, 6) is 0. The molecule has 1 saturated heterocycles. The highest BCUT2D eigenvalue weighted by Gasteiger charge is 2.35. The molecule has 1 aliphatic heterocycles. The summed E-state index contributed by atoms with van der Waals surface area (Å²) in [6.07, 6.45) is 5.14. The Hall–Kier alpha value is -0.630. The SMILES string of the molecule is CC(C)NC(C#N)CCN1CCOC2CCCC21. The van der Waals surface area contributed by atoms with E-state index in [4.69, 9.17) is 10.00 Å². The van der Waals surface area contributed by atoms with Crippen molar-refractivity contribution in [2.24, 2.45) is 0 Å². The van der Waals surface area contributed by atoms with Crippen LogP contribution < -0.4 is 5.32 Å². The Labute approximate surface area is 110 Å². The fourth-order valence-corrected chi connectivity index (χ4v) is 3.17. The van der Waals surface area contributed by atoms with Crippen LogP contribution >= 0.6 is 0 Å². The van der Waals surface area contributed by atoms with E-state index in [1.807, 2.05) is 0 Å². The minimum Gasteiger partial charge on any atom is -0.375 e. The maximum atomic E-state index is 9.14. The molecule has 1 aliphatic carbocycles. The molecule has 2 fully saturated rings. The second-order valence-corrected chi connectivity index (χ2v) is 5.74. The fraction of sp³-hybridized carbons (Fsp3) is 0.929. The molecule has 0 aromatic heterocycles. The van der Waals surface area contributed by atoms with Crippen LogP contribution in [0.3, 0.4) is 0 Å². The Bertz CT molecular complexity index is 300. The number of nitrogens with zero attached hydrogens (tertiary/aromatic N) is 2. The predicted molar refractivity (Wildman–Crippen MR) is 71.2 cm³/mol. The van der Waals surface area contributed by atoms with E-state index in [1.54, 1.807) is 0 Å². The lowest BCUT2D eigenvalue weighted by atomic mass is 10.1. The molecule has 102 valence electrons. The first-order valence-corrected chi connectivity index (χ1v) is 7.22. The van der Waals surface area contributed by atoms with Gasteiger partial charge in [-0.05, 0) is 39.5 Å². The lowest BCUT2D eigenvalue weighted by molar-refractivity contribution is -0.0560. The molecule has 3 atom stereocenters. The minimum absolute atomic E-state index is 0.0207. The van der Waals surface area contributed by atoms with Crippen molar-refractivity contribution in [1.82, 2.24) is 10.2 Å². The van der Waals surface area contributed by atoms with Crippen molar-refractivity contribution >= 4 is 0 Å². The molecule has 0 radical (unpaired) electrons. The second kappa shape index (κ2) is 6.51. The van der Waals surface area contributed by atoms with Crippen LogP contribution in [0.5, 0.6) is 0 Å². The van der Waals surface area contributed by atoms with Gasteiger partial charge in [0.25, 0.3) is 0 Å². The van der Waals surface area contributed by atoms with E-state index in [1.165, 1.54) is 19.3 Å². The highest BCUT2D eigenvalue weighted by molar-refractivity contribution is 4.94. The quantitative estimate of drug-likeness (QED) is 0.805. The summed E-state index contributed by atoms with van der Waals surface area (Å²) >= 11 is 0. The van der Waals surface area contributed by atoms with E-state index >= 15 is 0 Å². The van der Waals surface area contributed by atoms with Crippen molar-refractivity contribution in [3.8, 4) is 6.07 Å². The highest BCUT2D eigenvalue weighted by atomic mass is 16.5. The van der Waals surface area contributed by atoms with Crippen LogP contribution in [-0.4, -0.2) is 48.8 Å². The molecular formula is C14H25N3O. The minimum atomic E-state index is -0.0207. The monoisotopic (exact) mass is 251 g/mol. The van der Waals surface area contributed by atoms with Gasteiger partial charge in [-0.25, -0.2) is 0 Å². The number of morpholine rings is 1. The number of nitriles is 1. The van der Waals surface area contributed by atoms with Crippen molar-refractivity contribution in [1.29, 1.82) is 5.26 Å². The Morgan fingerprint density at radius 3 is 3.00 bits per heavy atom. The molecule has 1 saturated carbocycles. The lowest BCUT2D eigenvalue weighted by Crippen LogP contribution is -2.49. The molecule has 0 aromatic carbocycles. The molecule has 1 heterocycles. The first kappa shape index (κ1) is 13.8. The van der Waals surface area contributed by atoms with Gasteiger partial charge >= 0.3 is 0 Å². The molecule has 2 aliphatic rings. The van der Waals surface area contributed by atoms with Crippen LogP contribution in [0.2, 0.25) is 0 Å². The summed E-state index contributed by atoms with van der Waals surface area (Å²) in [5, 5.41) is 12.4. The normalized spacial score (nSPS) is 30.1. The van der Waals surface area contributed by atoms with Crippen LogP contribution in [0.15, 0.2) is 0 Å². The zero-order valence-electron chi connectivity index (χ0n) is 11.6. The number of nitrogens with one attached hydrogen (secondary N) is 1. The number of ether oxygens (including phenoxy) is 1. The lowest BCUT2D eigenvalue weighted by Gasteiger charge is -2.38. The van der Waals surface area contributed by atoms with Crippen molar-refractivity contribution in [3.05, 3.63) is 0 Å². The molecular weight excluding hydrogens is 226 g/mol. The maximum Gasteiger partial charge on any atom is 0.0967 e. The van der Waals surface area contributed by atoms with Gasteiger partial charge in [-0.15, -0.1) is 0 Å². The summed E-state index contributed by atoms with van der Waals surface area (Å²) in [6.45, 7) is 7.08. The van der Waals surface area contributed by atoms with Gasteiger partial charge in [-0.3, -0.25) is 10.2 Å². The van der Waals surface area contributed by atoms with Crippen LogP contribution in [0, 0.1) is 11.3 Å². The molecule has 0 amide bonds. The van der Waals surface area contributed by atoms with Crippen LogP contribution in [0.1, 0.15) is 39.5 Å². The standard InChI is InChI=1S/C14H25N3O/c1-11(2)16-12(10-15)6-7-17-8-9-18-14-5-3-4-13(14)17/h11-14,16H,3-9H2,1-2H3. The molecule has 0 bridgehead atoms. The number of fused-ring (bicyclic) bond motifs is 1. The average molecular weight is 251 g/mol. The topological polar surface area (TPSA) is 48.3 Å². The van der Waals surface area contributed by atoms with Gasteiger partial charge in [0.2, 0.25) is 0 Å². The highest BCUT2D eigenvalue weighted by Crippen LogP contribution is 2.29. The third-order valence-electron chi connectivity index (χ3n) is 3.99. The van der Waals surface area contributed by atoms with Gasteiger partial charge in [0.05, 0.1) is 24.8 Å². The zero-order chi connectivity index (χ0) is 13.0. The fourth-order valence-electron chi connectivity index (χ4n) is 3.17. The van der Waals surface area contributed by atoms with Gasteiger partial charge < -0.3 is 4.74 Å². The average Bonchev–Trinajstić information content (AvgIpc) is 2.82. The Morgan fingerprint density at radius 2 is 2.28 bits per heavy atom. The summed E-state index contributed by atoms with van der Waals surface area (Å²) in [7, 11) is 0. The van der Waals surface area contributed by atoms with Crippen molar-refractivity contribution in [2.75, 3.05) is 19.7 Å². The zero-order valence-corrected chi connectivity index (χ0v) is 11.6. The molecule has 4 nitrogen and oxygen atoms in total. The number of hydrogen-bond acceptors (Lipinski definition) is 4. The van der Waals surface area contributed by atoms with E-state index in [2.05, 4.69) is 30.1 Å². The van der Waals surface area contributed by atoms with Gasteiger partial charge in [0.15, 0.2) is 0 Å². The first-order valence-electron chi connectivity index (χ1n) is 7.22. The van der Waals surface area contributed by atoms with E-state index in [9.17, 15) is 0 Å². The van der Waals surface area contributed by atoms with Crippen LogP contribution in [0.4, 0.5) is 0 Å². The van der Waals surface area contributed by atoms with Crippen molar-refractivity contribution < 1.29 is 4.74 Å². The van der Waals surface area contributed by atoms with Gasteiger partial charge in [-0.1, -0.05) is 0 Å². The summed E-state index contributed by atoms with van der Waals surface area (Å²) < 4.78 is 5.81. The Morgan fingerprint density at radius 1 is 1.44 bits per heavy atom. The number of rotatable bonds is 5. The molecule has 0 spiro atoms. The van der Waals surface area contributed by atoms with E-state index < -0.39 is 0 Å². The summed E-state index contributed by atoms with van der Waals surface area (Å²) in [5.41, 5.74) is 0. The summed E-state index contributed by atoms with van der Waals surface area (Å²) in [4.78, 5) is 2.54. The Kier molecular flexibility index (Phi) is 4.99. The van der Waals surface area contributed by atoms with Crippen molar-refractivity contribution in [2.45, 2.75) is 63.8 Å². The number of hydrogen-bond donors (Lipinski definition) is 1. The smallest absolute Gasteiger partial charge is 0.0967 e. The first-order chi connectivity index (χ1) is 8.70. The second-order valence-electron chi connectivity index (χ2n) is 5.74. The molecule has 4 heteroatoms. The molecule has 18 heavy (non-hydrogen) atoms.